The monoisotopic (exact) mass is 576 g/mol. The number of benzene rings is 1. The molecule has 0 bridgehead atoms. The minimum atomic E-state index is -4.92. The van der Waals surface area contributed by atoms with Crippen molar-refractivity contribution in [2.24, 2.45) is 10.2 Å². The molecule has 1 aromatic heterocycles. The number of aromatic nitrogens is 2. The van der Waals surface area contributed by atoms with Gasteiger partial charge in [-0.25, -0.2) is 13.2 Å². The van der Waals surface area contributed by atoms with Crippen LogP contribution in [-0.4, -0.2) is 54.7 Å². The van der Waals surface area contributed by atoms with E-state index in [1.54, 1.807) is 26.8 Å². The Morgan fingerprint density at radius 3 is 2.58 bits per heavy atom. The van der Waals surface area contributed by atoms with Gasteiger partial charge in [0.25, 0.3) is 5.13 Å². The number of nitrogens with one attached hydrogen (secondary N) is 1. The van der Waals surface area contributed by atoms with E-state index < -0.39 is 33.5 Å². The summed E-state index contributed by atoms with van der Waals surface area (Å²) in [5.41, 5.74) is 0.763. The molecule has 1 atom stereocenters. The summed E-state index contributed by atoms with van der Waals surface area (Å²) >= 11 is 0.814. The number of sulfonamides is 1. The summed E-state index contributed by atoms with van der Waals surface area (Å²) in [7, 11) is -4.78. The van der Waals surface area contributed by atoms with E-state index in [2.05, 4.69) is 39.2 Å². The molecule has 1 aromatic carbocycles. The summed E-state index contributed by atoms with van der Waals surface area (Å²) in [6.45, 7) is 9.93. The molecule has 0 amide bonds. The van der Waals surface area contributed by atoms with E-state index in [4.69, 9.17) is 4.74 Å². The summed E-state index contributed by atoms with van der Waals surface area (Å²) in [6.07, 6.45) is -1.55. The number of alkyl halides is 3. The van der Waals surface area contributed by atoms with Gasteiger partial charge in [-0.05, 0) is 64.7 Å². The Balaban J connectivity index is 1.99. The quantitative estimate of drug-likeness (QED) is 0.280. The van der Waals surface area contributed by atoms with Crippen LogP contribution in [0.1, 0.15) is 69.2 Å². The fourth-order valence-electron chi connectivity index (χ4n) is 3.85. The largest absolute Gasteiger partial charge is 0.455 e. The smallest absolute Gasteiger partial charge is 0.404 e. The summed E-state index contributed by atoms with van der Waals surface area (Å²) in [5.74, 6) is -2.73. The van der Waals surface area contributed by atoms with Crippen LogP contribution >= 0.6 is 11.3 Å². The second kappa shape index (κ2) is 11.5. The van der Waals surface area contributed by atoms with Crippen molar-refractivity contribution >= 4 is 49.5 Å². The van der Waals surface area contributed by atoms with Gasteiger partial charge in [-0.1, -0.05) is 24.7 Å². The van der Waals surface area contributed by atoms with Crippen LogP contribution in [0.4, 0.5) is 35.4 Å². The van der Waals surface area contributed by atoms with Gasteiger partial charge in [-0.15, -0.1) is 20.4 Å². The van der Waals surface area contributed by atoms with Crippen molar-refractivity contribution in [3.63, 3.8) is 0 Å². The van der Waals surface area contributed by atoms with Gasteiger partial charge in [0.05, 0.1) is 5.69 Å². The number of esters is 1. The molecule has 38 heavy (non-hydrogen) atoms. The highest BCUT2D eigenvalue weighted by molar-refractivity contribution is 7.92. The fraction of sp³-hybridized carbons (Fsp3) is 0.609. The van der Waals surface area contributed by atoms with Crippen LogP contribution in [-0.2, 0) is 21.2 Å². The number of aryl methyl sites for hydroxylation is 1. The Hall–Kier alpha value is -2.81. The third-order valence-corrected chi connectivity index (χ3v) is 7.50. The van der Waals surface area contributed by atoms with Crippen molar-refractivity contribution in [1.82, 2.24) is 10.2 Å². The highest BCUT2D eigenvalue weighted by Crippen LogP contribution is 2.40. The third-order valence-electron chi connectivity index (χ3n) is 5.47. The van der Waals surface area contributed by atoms with Crippen molar-refractivity contribution < 1.29 is 31.1 Å². The van der Waals surface area contributed by atoms with Crippen molar-refractivity contribution in [2.45, 2.75) is 78.1 Å². The lowest BCUT2D eigenvalue weighted by molar-refractivity contribution is -0.106. The summed E-state index contributed by atoms with van der Waals surface area (Å²) in [6, 6.07) is 3.30. The minimum Gasteiger partial charge on any atom is -0.455 e. The van der Waals surface area contributed by atoms with Crippen molar-refractivity contribution in [3.8, 4) is 0 Å². The predicted octanol–water partition coefficient (Wildman–Crippen LogP) is 6.15. The van der Waals surface area contributed by atoms with Gasteiger partial charge >= 0.3 is 12.1 Å². The van der Waals surface area contributed by atoms with E-state index >= 15 is 0 Å². The number of halogens is 3. The lowest BCUT2D eigenvalue weighted by atomic mass is 9.95. The minimum absolute atomic E-state index is 0.00845. The Morgan fingerprint density at radius 1 is 1.24 bits per heavy atom. The van der Waals surface area contributed by atoms with E-state index in [0.717, 1.165) is 48.4 Å². The molecule has 1 unspecified atom stereocenters. The SMILES string of the molecule is CCCCN1c2cc(NS(=O)(=O)CC(F)(F)F)c(N=Nc3nnc(C(=O)OC(C)(C)C)s3)cc2CCC1C. The molecular weight excluding hydrogens is 545 g/mol. The van der Waals surface area contributed by atoms with Gasteiger partial charge in [-0.2, -0.15) is 13.2 Å². The molecule has 1 aliphatic heterocycles. The Kier molecular flexibility index (Phi) is 9.01. The molecule has 0 radical (unpaired) electrons. The number of nitrogens with zero attached hydrogens (tertiary/aromatic N) is 5. The average Bonchev–Trinajstić information content (AvgIpc) is 3.23. The Morgan fingerprint density at radius 2 is 1.95 bits per heavy atom. The van der Waals surface area contributed by atoms with Crippen molar-refractivity contribution in [1.29, 1.82) is 0 Å². The first kappa shape index (κ1) is 29.7. The highest BCUT2D eigenvalue weighted by atomic mass is 32.2. The number of unbranched alkanes of at least 4 members (excludes halogenated alkanes) is 1. The first-order valence-electron chi connectivity index (χ1n) is 12.1. The van der Waals surface area contributed by atoms with Gasteiger partial charge in [0.1, 0.15) is 11.3 Å². The molecule has 1 aliphatic rings. The molecule has 15 heteroatoms. The number of fused-ring (bicyclic) bond motifs is 1. The maximum atomic E-state index is 12.9. The van der Waals surface area contributed by atoms with Crippen LogP contribution in [0.3, 0.4) is 0 Å². The lowest BCUT2D eigenvalue weighted by Crippen LogP contribution is -2.38. The molecule has 0 aliphatic carbocycles. The first-order valence-corrected chi connectivity index (χ1v) is 14.5. The fourth-order valence-corrected chi connectivity index (χ4v) is 5.40. The van der Waals surface area contributed by atoms with E-state index in [0.29, 0.717) is 6.42 Å². The summed E-state index contributed by atoms with van der Waals surface area (Å²) in [4.78, 5) is 14.3. The number of carbonyl (C=O) groups is 1. The summed E-state index contributed by atoms with van der Waals surface area (Å²) in [5, 5.41) is 15.5. The molecule has 0 spiro atoms. The molecule has 0 saturated heterocycles. The molecule has 210 valence electrons. The molecule has 0 fully saturated rings. The Bertz CT molecular complexity index is 1290. The van der Waals surface area contributed by atoms with Gasteiger partial charge in [0, 0.05) is 18.3 Å². The van der Waals surface area contributed by atoms with Crippen molar-refractivity contribution in [3.05, 3.63) is 22.7 Å². The number of azo groups is 1. The van der Waals surface area contributed by atoms with Crippen LogP contribution < -0.4 is 9.62 Å². The highest BCUT2D eigenvalue weighted by Gasteiger charge is 2.36. The second-order valence-corrected chi connectivity index (χ2v) is 12.7. The zero-order valence-electron chi connectivity index (χ0n) is 21.8. The molecule has 2 aromatic rings. The third kappa shape index (κ3) is 8.35. The van der Waals surface area contributed by atoms with Crippen LogP contribution in [0, 0.1) is 0 Å². The molecule has 1 N–H and O–H groups in total. The number of hydrogen-bond donors (Lipinski definition) is 1. The normalized spacial score (nSPS) is 16.5. The average molecular weight is 577 g/mol. The molecule has 0 saturated carbocycles. The lowest BCUT2D eigenvalue weighted by Gasteiger charge is -2.37. The number of ether oxygens (including phenoxy) is 1. The van der Waals surface area contributed by atoms with Crippen LogP contribution in [0.5, 0.6) is 0 Å². The molecule has 10 nitrogen and oxygen atoms in total. The number of rotatable bonds is 9. The molecular formula is C23H31F3N6O4S2. The predicted molar refractivity (Wildman–Crippen MR) is 139 cm³/mol. The van der Waals surface area contributed by atoms with Gasteiger partial charge < -0.3 is 9.64 Å². The summed E-state index contributed by atoms with van der Waals surface area (Å²) < 4.78 is 70.6. The van der Waals surface area contributed by atoms with E-state index in [1.165, 1.54) is 6.07 Å². The van der Waals surface area contributed by atoms with Gasteiger partial charge in [-0.3, -0.25) is 4.72 Å². The van der Waals surface area contributed by atoms with Crippen molar-refractivity contribution in [2.75, 3.05) is 21.9 Å². The first-order chi connectivity index (χ1) is 17.6. The zero-order valence-corrected chi connectivity index (χ0v) is 23.4. The number of hydrogen-bond acceptors (Lipinski definition) is 10. The Labute approximate surface area is 223 Å². The number of carbonyl (C=O) groups excluding carboxylic acids is 1. The maximum Gasteiger partial charge on any atom is 0.404 e. The van der Waals surface area contributed by atoms with Gasteiger partial charge in [0.2, 0.25) is 15.0 Å². The maximum absolute atomic E-state index is 12.9. The second-order valence-electron chi connectivity index (χ2n) is 10.0. The topological polar surface area (TPSA) is 126 Å². The zero-order chi connectivity index (χ0) is 28.3. The van der Waals surface area contributed by atoms with E-state index in [-0.39, 0.29) is 27.6 Å². The van der Waals surface area contributed by atoms with Crippen LogP contribution in [0.25, 0.3) is 0 Å². The molecule has 2 heterocycles. The standard InChI is InChI=1S/C23H31F3N6O4S2/c1-6-7-10-32-14(2)8-9-15-11-16(17(12-18(15)32)31-38(34,35)13-23(24,25)26)27-29-21-30-28-19(37-21)20(33)36-22(3,4)5/h11-12,14,31H,6-10,13H2,1-5H3. The van der Waals surface area contributed by atoms with Crippen LogP contribution in [0.2, 0.25) is 0 Å². The van der Waals surface area contributed by atoms with Gasteiger partial charge in [0.15, 0.2) is 5.75 Å². The van der Waals surface area contributed by atoms with E-state index in [9.17, 15) is 26.4 Å². The number of anilines is 2. The van der Waals surface area contributed by atoms with E-state index in [1.807, 2.05) is 4.72 Å². The molecule has 3 rings (SSSR count). The van der Waals surface area contributed by atoms with Crippen LogP contribution in [0.15, 0.2) is 22.4 Å².